The topological polar surface area (TPSA) is 100 Å². The van der Waals surface area contributed by atoms with Crippen molar-refractivity contribution in [3.05, 3.63) is 54.2 Å². The Morgan fingerprint density at radius 3 is 2.80 bits per heavy atom. The second-order valence-electron chi connectivity index (χ2n) is 6.20. The van der Waals surface area contributed by atoms with Crippen LogP contribution in [0.1, 0.15) is 37.2 Å². The fourth-order valence-electron chi connectivity index (χ4n) is 2.92. The van der Waals surface area contributed by atoms with E-state index in [0.717, 1.165) is 16.7 Å². The predicted octanol–water partition coefficient (Wildman–Crippen LogP) is 2.43. The van der Waals surface area contributed by atoms with Crippen LogP contribution in [0.25, 0.3) is 10.9 Å². The highest BCUT2D eigenvalue weighted by Gasteiger charge is 2.25. The van der Waals surface area contributed by atoms with Crippen LogP contribution < -0.4 is 5.32 Å². The van der Waals surface area contributed by atoms with Crippen LogP contribution in [-0.4, -0.2) is 31.5 Å². The van der Waals surface area contributed by atoms with Gasteiger partial charge in [-0.05, 0) is 6.07 Å². The summed E-state index contributed by atoms with van der Waals surface area (Å²) in [6.07, 6.45) is 4.98. The fourth-order valence-corrected chi connectivity index (χ4v) is 2.92. The molecule has 0 bridgehead atoms. The van der Waals surface area contributed by atoms with E-state index in [4.69, 9.17) is 0 Å². The molecule has 25 heavy (non-hydrogen) atoms. The largest absolute Gasteiger partial charge is 0.479 e. The molecule has 7 heteroatoms. The molecule has 0 aliphatic rings. The maximum absolute atomic E-state index is 12.4. The first kappa shape index (κ1) is 16.8. The molecule has 2 aromatic heterocycles. The lowest BCUT2D eigenvalue weighted by molar-refractivity contribution is -0.142. The number of aromatic amines is 1. The Hall–Kier alpha value is -3.09. The zero-order valence-corrected chi connectivity index (χ0v) is 14.1. The Bertz CT molecular complexity index is 910. The summed E-state index contributed by atoms with van der Waals surface area (Å²) in [6, 6.07) is 6.27. The summed E-state index contributed by atoms with van der Waals surface area (Å²) >= 11 is 0. The molecule has 0 fully saturated rings. The third kappa shape index (κ3) is 3.40. The van der Waals surface area contributed by atoms with Gasteiger partial charge in [0.2, 0.25) is 5.91 Å². The van der Waals surface area contributed by atoms with Crippen molar-refractivity contribution >= 4 is 22.8 Å². The molecule has 3 N–H and O–H groups in total. The molecule has 1 amide bonds. The van der Waals surface area contributed by atoms with Gasteiger partial charge in [0.1, 0.15) is 12.4 Å². The second-order valence-corrected chi connectivity index (χ2v) is 6.20. The molecular formula is C18H20N4O3. The van der Waals surface area contributed by atoms with Crippen LogP contribution >= 0.6 is 0 Å². The smallest absolute Gasteiger partial charge is 0.330 e. The van der Waals surface area contributed by atoms with E-state index in [1.54, 1.807) is 23.2 Å². The van der Waals surface area contributed by atoms with E-state index in [9.17, 15) is 14.7 Å². The third-order valence-corrected chi connectivity index (χ3v) is 4.06. The first-order valence-electron chi connectivity index (χ1n) is 8.06. The lowest BCUT2D eigenvalue weighted by Gasteiger charge is -2.16. The number of imidazole rings is 1. The highest BCUT2D eigenvalue weighted by atomic mass is 16.4. The molecule has 0 aliphatic heterocycles. The number of para-hydroxylation sites is 1. The number of aromatic nitrogens is 3. The van der Waals surface area contributed by atoms with Crippen LogP contribution in [0.2, 0.25) is 0 Å². The Kier molecular flexibility index (Phi) is 4.56. The maximum Gasteiger partial charge on any atom is 0.330 e. The van der Waals surface area contributed by atoms with Crippen LogP contribution in [0.15, 0.2) is 42.9 Å². The zero-order valence-electron chi connectivity index (χ0n) is 14.1. The number of carboxylic acid groups (broad SMARTS) is 1. The highest BCUT2D eigenvalue weighted by Crippen LogP contribution is 2.24. The predicted molar refractivity (Wildman–Crippen MR) is 93.1 cm³/mol. The highest BCUT2D eigenvalue weighted by molar-refractivity contribution is 5.91. The molecule has 0 saturated carbocycles. The second kappa shape index (κ2) is 6.80. The quantitative estimate of drug-likeness (QED) is 0.641. The number of amides is 1. The van der Waals surface area contributed by atoms with E-state index in [0.29, 0.717) is 5.56 Å². The van der Waals surface area contributed by atoms with E-state index in [1.807, 2.05) is 38.1 Å². The number of H-pyrrole nitrogens is 1. The van der Waals surface area contributed by atoms with Crippen LogP contribution in [0.3, 0.4) is 0 Å². The molecule has 7 nitrogen and oxygen atoms in total. The van der Waals surface area contributed by atoms with Crippen molar-refractivity contribution in [2.24, 2.45) is 0 Å². The van der Waals surface area contributed by atoms with Gasteiger partial charge in [-0.3, -0.25) is 4.79 Å². The van der Waals surface area contributed by atoms with E-state index >= 15 is 0 Å². The van der Waals surface area contributed by atoms with Crippen LogP contribution in [0.5, 0.6) is 0 Å². The van der Waals surface area contributed by atoms with Gasteiger partial charge in [-0.2, -0.15) is 0 Å². The van der Waals surface area contributed by atoms with Crippen molar-refractivity contribution in [1.29, 1.82) is 0 Å². The van der Waals surface area contributed by atoms with Gasteiger partial charge in [0.15, 0.2) is 6.04 Å². The summed E-state index contributed by atoms with van der Waals surface area (Å²) in [5.74, 6) is -0.522. The normalized spacial score (nSPS) is 12.4. The fraction of sp³-hybridized carbons (Fsp3) is 0.278. The molecule has 0 spiro atoms. The molecule has 130 valence electrons. The number of benzene rings is 1. The summed E-state index contributed by atoms with van der Waals surface area (Å²) in [7, 11) is 0. The molecule has 0 radical (unpaired) electrons. The van der Waals surface area contributed by atoms with Gasteiger partial charge in [0.05, 0.1) is 0 Å². The number of nitrogens with one attached hydrogen (secondary N) is 2. The van der Waals surface area contributed by atoms with E-state index in [1.165, 1.54) is 0 Å². The number of fused-ring (bicyclic) bond motifs is 1. The van der Waals surface area contributed by atoms with Crippen molar-refractivity contribution in [1.82, 2.24) is 19.9 Å². The van der Waals surface area contributed by atoms with Gasteiger partial charge >= 0.3 is 5.97 Å². The zero-order chi connectivity index (χ0) is 18.0. The number of carboxylic acids is 1. The van der Waals surface area contributed by atoms with E-state index < -0.39 is 12.0 Å². The lowest BCUT2D eigenvalue weighted by Crippen LogP contribution is -2.36. The average Bonchev–Trinajstić information content (AvgIpc) is 3.19. The number of hydrogen-bond acceptors (Lipinski definition) is 3. The lowest BCUT2D eigenvalue weighted by atomic mass is 10.1. The summed E-state index contributed by atoms with van der Waals surface area (Å²) in [5.41, 5.74) is 1.36. The van der Waals surface area contributed by atoms with Crippen LogP contribution in [-0.2, 0) is 16.1 Å². The molecule has 0 aliphatic carbocycles. The summed E-state index contributed by atoms with van der Waals surface area (Å²) in [6.45, 7) is 4.01. The average molecular weight is 340 g/mol. The number of carbonyl (C=O) groups is 2. The monoisotopic (exact) mass is 340 g/mol. The number of carbonyl (C=O) groups excluding carboxylic acids is 1. The molecule has 1 atom stereocenters. The Balaban J connectivity index is 1.81. The van der Waals surface area contributed by atoms with Gasteiger partial charge < -0.3 is 20.0 Å². The number of hydrogen-bond donors (Lipinski definition) is 3. The minimum absolute atomic E-state index is 0.0274. The van der Waals surface area contributed by atoms with Crippen molar-refractivity contribution in [3.8, 4) is 0 Å². The van der Waals surface area contributed by atoms with Gasteiger partial charge in [-0.15, -0.1) is 0 Å². The van der Waals surface area contributed by atoms with Gasteiger partial charge in [-0.25, -0.2) is 9.78 Å². The minimum atomic E-state index is -1.12. The van der Waals surface area contributed by atoms with Crippen molar-refractivity contribution < 1.29 is 14.7 Å². The first-order valence-corrected chi connectivity index (χ1v) is 8.06. The van der Waals surface area contributed by atoms with E-state index in [-0.39, 0.29) is 18.4 Å². The molecule has 1 aromatic carbocycles. The molecule has 3 aromatic rings. The van der Waals surface area contributed by atoms with Gasteiger partial charge in [0, 0.05) is 41.0 Å². The molecule has 1 unspecified atom stereocenters. The van der Waals surface area contributed by atoms with Crippen molar-refractivity contribution in [2.45, 2.75) is 32.4 Å². The van der Waals surface area contributed by atoms with Crippen LogP contribution in [0, 0.1) is 0 Å². The molecule has 2 heterocycles. The summed E-state index contributed by atoms with van der Waals surface area (Å²) in [5, 5.41) is 13.0. The minimum Gasteiger partial charge on any atom is -0.479 e. The van der Waals surface area contributed by atoms with Gasteiger partial charge in [0.25, 0.3) is 0 Å². The first-order chi connectivity index (χ1) is 12.0. The molecule has 3 rings (SSSR count). The Labute approximate surface area is 144 Å². The number of aliphatic carboxylic acids is 1. The SMILES string of the molecule is CC(C)c1nccn1CC(=O)NC(C(=O)O)c1c[nH]c2ccccc12. The number of nitrogens with zero attached hydrogens (tertiary/aromatic N) is 2. The van der Waals surface area contributed by atoms with Crippen molar-refractivity contribution in [3.63, 3.8) is 0 Å². The maximum atomic E-state index is 12.4. The Morgan fingerprint density at radius 2 is 2.08 bits per heavy atom. The third-order valence-electron chi connectivity index (χ3n) is 4.06. The molecular weight excluding hydrogens is 320 g/mol. The van der Waals surface area contributed by atoms with Gasteiger partial charge in [-0.1, -0.05) is 32.0 Å². The number of rotatable bonds is 6. The van der Waals surface area contributed by atoms with Crippen LogP contribution in [0.4, 0.5) is 0 Å². The molecule has 0 saturated heterocycles. The summed E-state index contributed by atoms with van der Waals surface area (Å²) in [4.78, 5) is 31.4. The van der Waals surface area contributed by atoms with E-state index in [2.05, 4.69) is 15.3 Å². The Morgan fingerprint density at radius 1 is 1.32 bits per heavy atom. The van der Waals surface area contributed by atoms with Crippen molar-refractivity contribution in [2.75, 3.05) is 0 Å². The summed E-state index contributed by atoms with van der Waals surface area (Å²) < 4.78 is 1.73. The standard InChI is InChI=1S/C18H20N4O3/c1-11(2)17-19-7-8-22(17)10-15(23)21-16(18(24)25)13-9-20-14-6-4-3-5-12(13)14/h3-9,11,16,20H,10H2,1-2H3,(H,21,23)(H,24,25).